The monoisotopic (exact) mass is 351 g/mol. The van der Waals surface area contributed by atoms with Crippen molar-refractivity contribution in [2.45, 2.75) is 19.4 Å². The largest absolute Gasteiger partial charge is 0.503 e. The molecule has 0 unspecified atom stereocenters. The quantitative estimate of drug-likeness (QED) is 0.868. The molecule has 3 rings (SSSR count). The molecule has 1 aliphatic heterocycles. The number of nitrogens with zero attached hydrogens (tertiary/aromatic N) is 1. The molecule has 0 radical (unpaired) electrons. The Morgan fingerprint density at radius 2 is 1.77 bits per heavy atom. The Labute approximate surface area is 152 Å². The second-order valence-corrected chi connectivity index (χ2v) is 6.23. The number of Topliss-reactive ketones (excluding diaryl/α,β-unsaturated/α-hetero) is 1. The van der Waals surface area contributed by atoms with E-state index in [0.29, 0.717) is 18.7 Å². The van der Waals surface area contributed by atoms with Crippen molar-refractivity contribution < 1.29 is 19.4 Å². The van der Waals surface area contributed by atoms with Crippen LogP contribution in [0.3, 0.4) is 0 Å². The number of rotatable bonds is 6. The average molecular weight is 351 g/mol. The first-order chi connectivity index (χ1) is 12.5. The predicted octanol–water partition coefficient (Wildman–Crippen LogP) is 3.22. The van der Waals surface area contributed by atoms with Crippen LogP contribution in [0, 0.1) is 0 Å². The molecule has 1 atom stereocenters. The second-order valence-electron chi connectivity index (χ2n) is 6.23. The van der Waals surface area contributed by atoms with Gasteiger partial charge < -0.3 is 14.7 Å². The molecule has 1 heterocycles. The molecule has 26 heavy (non-hydrogen) atoms. The highest BCUT2D eigenvalue weighted by Crippen LogP contribution is 2.38. The molecule has 134 valence electrons. The van der Waals surface area contributed by atoms with Crippen molar-refractivity contribution in [1.29, 1.82) is 0 Å². The first-order valence-corrected chi connectivity index (χ1v) is 8.46. The van der Waals surface area contributed by atoms with Crippen molar-refractivity contribution >= 4 is 11.7 Å². The van der Waals surface area contributed by atoms with Crippen LogP contribution in [0.1, 0.15) is 24.1 Å². The van der Waals surface area contributed by atoms with Gasteiger partial charge in [-0.05, 0) is 36.6 Å². The van der Waals surface area contributed by atoms with Crippen LogP contribution in [0.5, 0.6) is 5.75 Å². The van der Waals surface area contributed by atoms with E-state index in [9.17, 15) is 14.7 Å². The van der Waals surface area contributed by atoms with Crippen molar-refractivity contribution in [3.8, 4) is 5.75 Å². The number of ether oxygens (including phenoxy) is 1. The van der Waals surface area contributed by atoms with Crippen molar-refractivity contribution in [3.63, 3.8) is 0 Å². The van der Waals surface area contributed by atoms with Gasteiger partial charge >= 0.3 is 0 Å². The van der Waals surface area contributed by atoms with Gasteiger partial charge in [-0.2, -0.15) is 0 Å². The third kappa shape index (κ3) is 3.33. The summed E-state index contributed by atoms with van der Waals surface area (Å²) in [5.74, 6) is -0.580. The van der Waals surface area contributed by atoms with Gasteiger partial charge in [0.25, 0.3) is 5.91 Å². The van der Waals surface area contributed by atoms with Crippen molar-refractivity contribution in [2.24, 2.45) is 0 Å². The number of amides is 1. The van der Waals surface area contributed by atoms with Gasteiger partial charge in [-0.25, -0.2) is 0 Å². The fraction of sp³-hybridized carbons (Fsp3) is 0.238. The normalized spacial score (nSPS) is 16.9. The van der Waals surface area contributed by atoms with Gasteiger partial charge in [0, 0.05) is 6.54 Å². The van der Waals surface area contributed by atoms with Gasteiger partial charge in [-0.3, -0.25) is 9.59 Å². The summed E-state index contributed by atoms with van der Waals surface area (Å²) in [5.41, 5.74) is 2.00. The molecule has 0 aliphatic carbocycles. The first kappa shape index (κ1) is 17.7. The molecule has 0 bridgehead atoms. The Morgan fingerprint density at radius 3 is 2.35 bits per heavy atom. The molecule has 2 aromatic carbocycles. The Hall–Kier alpha value is -3.08. The Morgan fingerprint density at radius 1 is 1.12 bits per heavy atom. The summed E-state index contributed by atoms with van der Waals surface area (Å²) in [4.78, 5) is 26.3. The number of aliphatic hydroxyl groups is 1. The van der Waals surface area contributed by atoms with E-state index < -0.39 is 17.7 Å². The number of aliphatic hydroxyl groups excluding tert-OH is 1. The van der Waals surface area contributed by atoms with E-state index in [1.54, 1.807) is 24.1 Å². The van der Waals surface area contributed by atoms with Crippen LogP contribution in [-0.2, 0) is 16.0 Å². The fourth-order valence-electron chi connectivity index (χ4n) is 3.27. The number of carbonyl (C=O) groups excluding carboxylic acids is 2. The second kappa shape index (κ2) is 7.44. The van der Waals surface area contributed by atoms with Gasteiger partial charge in [-0.15, -0.1) is 0 Å². The van der Waals surface area contributed by atoms with Gasteiger partial charge in [0.05, 0.1) is 18.7 Å². The predicted molar refractivity (Wildman–Crippen MR) is 97.9 cm³/mol. The average Bonchev–Trinajstić information content (AvgIpc) is 2.92. The van der Waals surface area contributed by atoms with Crippen molar-refractivity contribution in [1.82, 2.24) is 4.90 Å². The number of carbonyl (C=O) groups is 2. The standard InChI is InChI=1S/C21H21NO4/c1-14(23)18-19(16-8-10-17(26-2)11-9-16)22(21(25)20(18)24)13-12-15-6-4-3-5-7-15/h3-11,19,24H,12-13H2,1-2H3/t19-/m0/s1. The minimum Gasteiger partial charge on any atom is -0.503 e. The Balaban J connectivity index is 1.93. The SMILES string of the molecule is COc1ccc([C@H]2C(C(C)=O)=C(O)C(=O)N2CCc2ccccc2)cc1. The van der Waals surface area contributed by atoms with Crippen LogP contribution in [0.25, 0.3) is 0 Å². The minimum absolute atomic E-state index is 0.147. The van der Waals surface area contributed by atoms with E-state index in [1.807, 2.05) is 42.5 Å². The third-order valence-electron chi connectivity index (χ3n) is 4.60. The van der Waals surface area contributed by atoms with Gasteiger partial charge in [0.1, 0.15) is 5.75 Å². The molecule has 0 fully saturated rings. The van der Waals surface area contributed by atoms with Crippen LogP contribution in [0.4, 0.5) is 0 Å². The highest BCUT2D eigenvalue weighted by atomic mass is 16.5. The zero-order valence-corrected chi connectivity index (χ0v) is 14.8. The third-order valence-corrected chi connectivity index (χ3v) is 4.60. The number of hydrogen-bond donors (Lipinski definition) is 1. The van der Waals surface area contributed by atoms with E-state index in [0.717, 1.165) is 11.1 Å². The zero-order chi connectivity index (χ0) is 18.7. The molecule has 2 aromatic rings. The van der Waals surface area contributed by atoms with Crippen LogP contribution < -0.4 is 4.74 Å². The summed E-state index contributed by atoms with van der Waals surface area (Å²) in [6.07, 6.45) is 0.637. The fourth-order valence-corrected chi connectivity index (χ4v) is 3.27. The lowest BCUT2D eigenvalue weighted by Crippen LogP contribution is -2.32. The Kier molecular flexibility index (Phi) is 5.07. The summed E-state index contributed by atoms with van der Waals surface area (Å²) in [6.45, 7) is 1.77. The molecule has 5 heteroatoms. The van der Waals surface area contributed by atoms with Gasteiger partial charge in [0.15, 0.2) is 11.5 Å². The van der Waals surface area contributed by atoms with Crippen molar-refractivity contribution in [2.75, 3.05) is 13.7 Å². The summed E-state index contributed by atoms with van der Waals surface area (Å²) in [6, 6.07) is 16.4. The molecule has 1 amide bonds. The smallest absolute Gasteiger partial charge is 0.290 e. The summed E-state index contributed by atoms with van der Waals surface area (Å²) >= 11 is 0. The summed E-state index contributed by atoms with van der Waals surface area (Å²) in [5, 5.41) is 10.3. The van der Waals surface area contributed by atoms with Crippen LogP contribution >= 0.6 is 0 Å². The molecule has 1 aliphatic rings. The Bertz CT molecular complexity index is 840. The van der Waals surface area contributed by atoms with E-state index in [4.69, 9.17) is 4.74 Å². The van der Waals surface area contributed by atoms with Gasteiger partial charge in [0.2, 0.25) is 0 Å². The maximum atomic E-state index is 12.6. The molecular weight excluding hydrogens is 330 g/mol. The number of benzene rings is 2. The molecule has 5 nitrogen and oxygen atoms in total. The van der Waals surface area contributed by atoms with Crippen LogP contribution in [0.2, 0.25) is 0 Å². The molecule has 0 saturated carbocycles. The maximum absolute atomic E-state index is 12.6. The van der Waals surface area contributed by atoms with Crippen LogP contribution in [-0.4, -0.2) is 35.4 Å². The van der Waals surface area contributed by atoms with E-state index in [2.05, 4.69) is 0 Å². The highest BCUT2D eigenvalue weighted by molar-refractivity contribution is 6.08. The lowest BCUT2D eigenvalue weighted by atomic mass is 9.96. The molecule has 0 aromatic heterocycles. The minimum atomic E-state index is -0.588. The zero-order valence-electron chi connectivity index (χ0n) is 14.8. The molecule has 0 saturated heterocycles. The summed E-state index contributed by atoms with van der Waals surface area (Å²) in [7, 11) is 1.58. The lowest BCUT2D eigenvalue weighted by Gasteiger charge is -2.26. The highest BCUT2D eigenvalue weighted by Gasteiger charge is 2.41. The first-order valence-electron chi connectivity index (χ1n) is 8.46. The topological polar surface area (TPSA) is 66.8 Å². The molecule has 1 N–H and O–H groups in total. The summed E-state index contributed by atoms with van der Waals surface area (Å²) < 4.78 is 5.17. The molecule has 0 spiro atoms. The number of ketones is 1. The van der Waals surface area contributed by atoms with Crippen molar-refractivity contribution in [3.05, 3.63) is 77.1 Å². The number of hydrogen-bond acceptors (Lipinski definition) is 4. The van der Waals surface area contributed by atoms with Crippen LogP contribution in [0.15, 0.2) is 65.9 Å². The molecular formula is C21H21NO4. The van der Waals surface area contributed by atoms with Gasteiger partial charge in [-0.1, -0.05) is 42.5 Å². The maximum Gasteiger partial charge on any atom is 0.290 e. The van der Waals surface area contributed by atoms with E-state index in [-0.39, 0.29) is 11.4 Å². The van der Waals surface area contributed by atoms with E-state index >= 15 is 0 Å². The van der Waals surface area contributed by atoms with E-state index in [1.165, 1.54) is 6.92 Å². The number of methoxy groups -OCH3 is 1. The lowest BCUT2D eigenvalue weighted by molar-refractivity contribution is -0.129.